The number of rotatable bonds is 13. The molecule has 0 aliphatic carbocycles. The average molecular weight is 379 g/mol. The molecular formula is C19H29N3O5. The van der Waals surface area contributed by atoms with Crippen molar-refractivity contribution in [1.29, 1.82) is 0 Å². The first-order valence-corrected chi connectivity index (χ1v) is 9.21. The quantitative estimate of drug-likeness (QED) is 0.382. The van der Waals surface area contributed by atoms with Crippen LogP contribution in [0.3, 0.4) is 0 Å². The van der Waals surface area contributed by atoms with E-state index in [0.717, 1.165) is 12.8 Å². The molecule has 1 aromatic rings. The molecule has 1 atom stereocenters. The number of unbranched alkanes of at least 4 members (excludes halogenated alkanes) is 2. The van der Waals surface area contributed by atoms with Gasteiger partial charge < -0.3 is 26.2 Å². The van der Waals surface area contributed by atoms with Crippen molar-refractivity contribution in [1.82, 2.24) is 10.6 Å². The van der Waals surface area contributed by atoms with Crippen LogP contribution in [0.2, 0.25) is 0 Å². The fourth-order valence-electron chi connectivity index (χ4n) is 2.31. The van der Waals surface area contributed by atoms with E-state index in [2.05, 4.69) is 17.6 Å². The summed E-state index contributed by atoms with van der Waals surface area (Å²) in [5.41, 5.74) is 5.55. The first-order chi connectivity index (χ1) is 13.0. The Hall–Kier alpha value is -2.61. The molecule has 27 heavy (non-hydrogen) atoms. The standard InChI is InChI=1S/C19H29N3O5/c1-2-3-12-27-15-9-7-14(8-10-15)18(24)22-16(19(25)26)6-4-5-11-21-17(23)13-20/h7-10,16H,2-6,11-13,20H2,1H3,(H,21,23)(H,22,24)(H,25,26)/t16-/m0/s1. The molecule has 0 saturated carbocycles. The molecule has 0 unspecified atom stereocenters. The van der Waals surface area contributed by atoms with Crippen LogP contribution in [0.1, 0.15) is 49.4 Å². The predicted octanol–water partition coefficient (Wildman–Crippen LogP) is 1.29. The third-order valence-corrected chi connectivity index (χ3v) is 3.91. The van der Waals surface area contributed by atoms with Gasteiger partial charge in [-0.2, -0.15) is 0 Å². The number of amides is 2. The summed E-state index contributed by atoms with van der Waals surface area (Å²) in [5.74, 6) is -1.11. The molecule has 1 rings (SSSR count). The number of carbonyl (C=O) groups is 3. The highest BCUT2D eigenvalue weighted by Gasteiger charge is 2.20. The van der Waals surface area contributed by atoms with Gasteiger partial charge in [-0.15, -0.1) is 0 Å². The van der Waals surface area contributed by atoms with Gasteiger partial charge >= 0.3 is 5.97 Å². The van der Waals surface area contributed by atoms with E-state index in [0.29, 0.717) is 37.3 Å². The number of carboxylic acids is 1. The molecule has 8 nitrogen and oxygen atoms in total. The Kier molecular flexibility index (Phi) is 10.5. The number of carbonyl (C=O) groups excluding carboxylic acids is 2. The van der Waals surface area contributed by atoms with Gasteiger partial charge in [0, 0.05) is 12.1 Å². The van der Waals surface area contributed by atoms with Crippen LogP contribution in [0.15, 0.2) is 24.3 Å². The topological polar surface area (TPSA) is 131 Å². The highest BCUT2D eigenvalue weighted by molar-refractivity contribution is 5.96. The van der Waals surface area contributed by atoms with Crippen molar-refractivity contribution in [2.75, 3.05) is 19.7 Å². The lowest BCUT2D eigenvalue weighted by atomic mass is 10.1. The maximum Gasteiger partial charge on any atom is 0.326 e. The van der Waals surface area contributed by atoms with Crippen molar-refractivity contribution in [3.8, 4) is 5.75 Å². The number of hydrogen-bond acceptors (Lipinski definition) is 5. The smallest absolute Gasteiger partial charge is 0.326 e. The monoisotopic (exact) mass is 379 g/mol. The van der Waals surface area contributed by atoms with Crippen molar-refractivity contribution in [2.45, 2.75) is 45.1 Å². The highest BCUT2D eigenvalue weighted by Crippen LogP contribution is 2.13. The minimum absolute atomic E-state index is 0.0732. The molecule has 5 N–H and O–H groups in total. The highest BCUT2D eigenvalue weighted by atomic mass is 16.5. The fraction of sp³-hybridized carbons (Fsp3) is 0.526. The van der Waals surface area contributed by atoms with E-state index in [9.17, 15) is 19.5 Å². The third-order valence-electron chi connectivity index (χ3n) is 3.91. The maximum atomic E-state index is 12.3. The predicted molar refractivity (Wildman–Crippen MR) is 102 cm³/mol. The van der Waals surface area contributed by atoms with E-state index in [1.54, 1.807) is 24.3 Å². The Labute approximate surface area is 159 Å². The minimum atomic E-state index is -1.09. The average Bonchev–Trinajstić information content (AvgIpc) is 2.67. The molecule has 1 aromatic carbocycles. The van der Waals surface area contributed by atoms with Gasteiger partial charge in [0.25, 0.3) is 5.91 Å². The van der Waals surface area contributed by atoms with Crippen LogP contribution in [-0.2, 0) is 9.59 Å². The minimum Gasteiger partial charge on any atom is -0.494 e. The van der Waals surface area contributed by atoms with Crippen molar-refractivity contribution in [2.24, 2.45) is 5.73 Å². The van der Waals surface area contributed by atoms with Crippen molar-refractivity contribution >= 4 is 17.8 Å². The van der Waals surface area contributed by atoms with Crippen LogP contribution >= 0.6 is 0 Å². The molecule has 0 aliphatic rings. The number of benzene rings is 1. The number of aliphatic carboxylic acids is 1. The van der Waals surface area contributed by atoms with Gasteiger partial charge in [0.05, 0.1) is 13.2 Å². The summed E-state index contributed by atoms with van der Waals surface area (Å²) in [4.78, 5) is 34.6. The molecular weight excluding hydrogens is 350 g/mol. The van der Waals surface area contributed by atoms with Crippen LogP contribution in [-0.4, -0.2) is 48.6 Å². The van der Waals surface area contributed by atoms with Crippen molar-refractivity contribution in [3.05, 3.63) is 29.8 Å². The van der Waals surface area contributed by atoms with Crippen molar-refractivity contribution < 1.29 is 24.2 Å². The molecule has 0 heterocycles. The molecule has 0 fully saturated rings. The van der Waals surface area contributed by atoms with Gasteiger partial charge in [-0.05, 0) is 49.9 Å². The van der Waals surface area contributed by atoms with Gasteiger partial charge in [-0.3, -0.25) is 9.59 Å². The Morgan fingerprint density at radius 3 is 2.44 bits per heavy atom. The summed E-state index contributed by atoms with van der Waals surface area (Å²) in [6.45, 7) is 3.05. The Bertz CT molecular complexity index is 604. The van der Waals surface area contributed by atoms with Crippen molar-refractivity contribution in [3.63, 3.8) is 0 Å². The Balaban J connectivity index is 2.45. The van der Waals surface area contributed by atoms with E-state index < -0.39 is 17.9 Å². The van der Waals surface area contributed by atoms with Crippen LogP contribution in [0, 0.1) is 0 Å². The number of nitrogens with two attached hydrogens (primary N) is 1. The maximum absolute atomic E-state index is 12.3. The zero-order chi connectivity index (χ0) is 20.1. The lowest BCUT2D eigenvalue weighted by Gasteiger charge is -2.15. The van der Waals surface area contributed by atoms with Crippen LogP contribution < -0.4 is 21.1 Å². The zero-order valence-corrected chi connectivity index (χ0v) is 15.7. The molecule has 0 aliphatic heterocycles. The lowest BCUT2D eigenvalue weighted by Crippen LogP contribution is -2.40. The molecule has 0 bridgehead atoms. The van der Waals surface area contributed by atoms with E-state index >= 15 is 0 Å². The zero-order valence-electron chi connectivity index (χ0n) is 15.7. The van der Waals surface area contributed by atoms with E-state index in [4.69, 9.17) is 10.5 Å². The SMILES string of the molecule is CCCCOc1ccc(C(=O)N[C@@H](CCCCNC(=O)CN)C(=O)O)cc1. The fourth-order valence-corrected chi connectivity index (χ4v) is 2.31. The molecule has 0 saturated heterocycles. The second-order valence-corrected chi connectivity index (χ2v) is 6.14. The Morgan fingerprint density at radius 2 is 1.85 bits per heavy atom. The van der Waals surface area contributed by atoms with E-state index in [1.807, 2.05) is 0 Å². The number of hydrogen-bond donors (Lipinski definition) is 4. The molecule has 0 aromatic heterocycles. The first-order valence-electron chi connectivity index (χ1n) is 9.21. The lowest BCUT2D eigenvalue weighted by molar-refractivity contribution is -0.139. The first kappa shape index (κ1) is 22.4. The van der Waals surface area contributed by atoms with Gasteiger partial charge in [0.2, 0.25) is 5.91 Å². The van der Waals surface area contributed by atoms with Crippen LogP contribution in [0.4, 0.5) is 0 Å². The summed E-state index contributed by atoms with van der Waals surface area (Å²) in [5, 5.41) is 14.4. The third kappa shape index (κ3) is 9.05. The van der Waals surface area contributed by atoms with Gasteiger partial charge in [0.1, 0.15) is 11.8 Å². The second kappa shape index (κ2) is 12.7. The molecule has 0 spiro atoms. The molecule has 150 valence electrons. The summed E-state index contributed by atoms with van der Waals surface area (Å²) in [6, 6.07) is 5.62. The van der Waals surface area contributed by atoms with E-state index in [1.165, 1.54) is 0 Å². The van der Waals surface area contributed by atoms with Crippen LogP contribution in [0.5, 0.6) is 5.75 Å². The largest absolute Gasteiger partial charge is 0.494 e. The summed E-state index contributed by atoms with van der Waals surface area (Å²) in [6.07, 6.45) is 3.42. The number of carboxylic acid groups (broad SMARTS) is 1. The Morgan fingerprint density at radius 1 is 1.15 bits per heavy atom. The van der Waals surface area contributed by atoms with Gasteiger partial charge in [-0.1, -0.05) is 13.3 Å². The van der Waals surface area contributed by atoms with Gasteiger partial charge in [0.15, 0.2) is 0 Å². The molecule has 0 radical (unpaired) electrons. The number of nitrogens with one attached hydrogen (secondary N) is 2. The normalized spacial score (nSPS) is 11.5. The molecule has 2 amide bonds. The summed E-state index contributed by atoms with van der Waals surface area (Å²) in [7, 11) is 0. The van der Waals surface area contributed by atoms with Crippen LogP contribution in [0.25, 0.3) is 0 Å². The second-order valence-electron chi connectivity index (χ2n) is 6.14. The summed E-state index contributed by atoms with van der Waals surface area (Å²) < 4.78 is 5.54. The van der Waals surface area contributed by atoms with Gasteiger partial charge in [-0.25, -0.2) is 4.79 Å². The molecule has 8 heteroatoms. The number of ether oxygens (including phenoxy) is 1. The van der Waals surface area contributed by atoms with E-state index in [-0.39, 0.29) is 18.9 Å². The summed E-state index contributed by atoms with van der Waals surface area (Å²) >= 11 is 0.